The Balaban J connectivity index is 1.14. The highest BCUT2D eigenvalue weighted by molar-refractivity contribution is 9.10. The van der Waals surface area contributed by atoms with E-state index in [0.29, 0.717) is 53.3 Å². The summed E-state index contributed by atoms with van der Waals surface area (Å²) < 4.78 is 13.5. The molecule has 1 heterocycles. The van der Waals surface area contributed by atoms with E-state index in [-0.39, 0.29) is 28.5 Å². The fourth-order valence-electron chi connectivity index (χ4n) is 8.57. The van der Waals surface area contributed by atoms with Gasteiger partial charge in [-0.1, -0.05) is 64.3 Å². The molecule has 4 aromatic carbocycles. The van der Waals surface area contributed by atoms with E-state index in [9.17, 15) is 14.8 Å². The molecule has 6 rings (SSSR count). The summed E-state index contributed by atoms with van der Waals surface area (Å²) in [5.74, 6) is 1.56. The molecule has 0 bridgehead atoms. The fourth-order valence-corrected chi connectivity index (χ4v) is 8.96. The van der Waals surface area contributed by atoms with Crippen molar-refractivity contribution >= 4 is 39.4 Å². The lowest BCUT2D eigenvalue weighted by atomic mass is 9.81. The van der Waals surface area contributed by atoms with Gasteiger partial charge in [-0.2, -0.15) is 4.65 Å². The van der Waals surface area contributed by atoms with Crippen LogP contribution in [-0.4, -0.2) is 84.0 Å². The third kappa shape index (κ3) is 13.5. The summed E-state index contributed by atoms with van der Waals surface area (Å²) >= 11 is 9.60. The number of likely N-dealkylation sites (tertiary alicyclic amines) is 1. The highest BCUT2D eigenvalue weighted by Crippen LogP contribution is 2.36. The summed E-state index contributed by atoms with van der Waals surface area (Å²) in [5.41, 5.74) is 3.72. The molecular formula is C49H60BrClN3O5+. The lowest BCUT2D eigenvalue weighted by Crippen LogP contribution is -2.47. The molecule has 10 heteroatoms. The molecule has 1 saturated carbocycles. The number of benzene rings is 4. The van der Waals surface area contributed by atoms with Crippen molar-refractivity contribution in [3.05, 3.63) is 141 Å². The number of amides is 1. The topological polar surface area (TPSA) is 79.3 Å². The average Bonchev–Trinajstić information content (AvgIpc) is 3.24. The summed E-state index contributed by atoms with van der Waals surface area (Å²) in [4.78, 5) is 31.5. The standard InChI is InChI=1S/C49H60BrClN3O5/c1-3-30-52(2)31-6-5-9-38(36-58-46-26-18-42(19-27-46)48(55)41-14-20-43(50)21-15-41)34-53(49(56)59-47-28-22-44(51)23-29-47)45-24-16-40(17-25-45)39-12-10-37(11-13-39)35-54(57)32-7-4-8-33-54/h3,10-15,18-23,26-29,38,40,45,57H,1,4-9,16-17,24-25,30-36H2,2H3/q+1. The smallest absolute Gasteiger partial charge is 0.415 e. The Hall–Kier alpha value is -3.99. The Labute approximate surface area is 364 Å². The van der Waals surface area contributed by atoms with Gasteiger partial charge in [0.15, 0.2) is 5.78 Å². The van der Waals surface area contributed by atoms with Crippen LogP contribution in [0.25, 0.3) is 0 Å². The molecule has 4 aromatic rings. The first-order chi connectivity index (χ1) is 28.6. The highest BCUT2D eigenvalue weighted by atomic mass is 79.9. The van der Waals surface area contributed by atoms with Crippen LogP contribution in [0.2, 0.25) is 5.02 Å². The SMILES string of the molecule is C=CCN(C)CCCCC(COc1ccc(C(=O)c2ccc(Br)cc2)cc1)CN(C(=O)Oc1ccc(Cl)cc1)C1CCC(c2ccc(C[N+]3(O)CCCCC3)cc2)CC1. The summed E-state index contributed by atoms with van der Waals surface area (Å²) in [6.45, 7) is 8.90. The van der Waals surface area contributed by atoms with Crippen molar-refractivity contribution in [2.24, 2.45) is 5.92 Å². The van der Waals surface area contributed by atoms with Gasteiger partial charge in [-0.3, -0.25) is 4.79 Å². The molecule has 0 aromatic heterocycles. The molecule has 8 nitrogen and oxygen atoms in total. The fraction of sp³-hybridized carbons (Fsp3) is 0.429. The molecule has 0 spiro atoms. The summed E-state index contributed by atoms with van der Waals surface area (Å²) in [5, 5.41) is 11.6. The number of nitrogens with zero attached hydrogens (tertiary/aromatic N) is 3. The largest absolute Gasteiger partial charge is 0.493 e. The van der Waals surface area contributed by atoms with Crippen molar-refractivity contribution < 1.29 is 28.9 Å². The van der Waals surface area contributed by atoms with Gasteiger partial charge in [0.25, 0.3) is 0 Å². The summed E-state index contributed by atoms with van der Waals surface area (Å²) in [6, 6.07) is 30.5. The van der Waals surface area contributed by atoms with Gasteiger partial charge in [0.2, 0.25) is 0 Å². The molecule has 1 atom stereocenters. The van der Waals surface area contributed by atoms with E-state index < -0.39 is 0 Å². The Morgan fingerprint density at radius 2 is 1.49 bits per heavy atom. The first-order valence-corrected chi connectivity index (χ1v) is 22.5. The normalized spacial score (nSPS) is 18.2. The van der Waals surface area contributed by atoms with Crippen LogP contribution in [-0.2, 0) is 6.54 Å². The minimum Gasteiger partial charge on any atom is -0.493 e. The van der Waals surface area contributed by atoms with Gasteiger partial charge in [-0.25, -0.2) is 10.0 Å². The molecule has 2 fully saturated rings. The number of hydrogen-bond acceptors (Lipinski definition) is 6. The number of hydrogen-bond donors (Lipinski definition) is 1. The zero-order valence-corrected chi connectivity index (χ0v) is 36.8. The van der Waals surface area contributed by atoms with Gasteiger partial charge in [-0.15, -0.1) is 6.58 Å². The third-order valence-corrected chi connectivity index (χ3v) is 12.8. The lowest BCUT2D eigenvalue weighted by molar-refractivity contribution is -1.12. The molecule has 314 valence electrons. The second kappa shape index (κ2) is 22.0. The first-order valence-electron chi connectivity index (χ1n) is 21.3. The quantitative estimate of drug-likeness (QED) is 0.0437. The minimum atomic E-state index is -0.356. The van der Waals surface area contributed by atoms with E-state index >= 15 is 0 Å². The number of ether oxygens (including phenoxy) is 2. The molecular weight excluding hydrogens is 826 g/mol. The number of likely N-dealkylation sites (N-methyl/N-ethyl adjacent to an activating group) is 1. The lowest BCUT2D eigenvalue weighted by Gasteiger charge is -2.38. The Bertz CT molecular complexity index is 1930. The zero-order valence-electron chi connectivity index (χ0n) is 34.5. The van der Waals surface area contributed by atoms with Crippen LogP contribution in [0.4, 0.5) is 4.79 Å². The van der Waals surface area contributed by atoms with Crippen LogP contribution in [0.1, 0.15) is 97.2 Å². The summed E-state index contributed by atoms with van der Waals surface area (Å²) in [7, 11) is 2.10. The molecule has 1 amide bonds. The van der Waals surface area contributed by atoms with E-state index in [0.717, 1.165) is 88.4 Å². The van der Waals surface area contributed by atoms with Crippen LogP contribution in [0, 0.1) is 5.92 Å². The van der Waals surface area contributed by atoms with Gasteiger partial charge in [0, 0.05) is 51.2 Å². The van der Waals surface area contributed by atoms with Crippen molar-refractivity contribution in [2.75, 3.05) is 46.4 Å². The number of unbranched alkanes of at least 4 members (excludes halogenated alkanes) is 1. The minimum absolute atomic E-state index is 0.0216. The van der Waals surface area contributed by atoms with E-state index in [4.69, 9.17) is 21.1 Å². The Kier molecular flexibility index (Phi) is 16.6. The van der Waals surface area contributed by atoms with Gasteiger partial charge in [-0.05, 0) is 156 Å². The molecule has 1 N–H and O–H groups in total. The van der Waals surface area contributed by atoms with Gasteiger partial charge < -0.3 is 19.3 Å². The van der Waals surface area contributed by atoms with Crippen LogP contribution in [0.5, 0.6) is 11.5 Å². The molecule has 0 radical (unpaired) electrons. The number of hydroxylamine groups is 3. The van der Waals surface area contributed by atoms with Gasteiger partial charge in [0.1, 0.15) is 31.1 Å². The maximum Gasteiger partial charge on any atom is 0.415 e. The Morgan fingerprint density at radius 3 is 2.14 bits per heavy atom. The molecule has 1 unspecified atom stereocenters. The number of carbonyl (C=O) groups is 2. The van der Waals surface area contributed by atoms with E-state index in [1.807, 2.05) is 59.5 Å². The third-order valence-electron chi connectivity index (χ3n) is 12.0. The molecule has 59 heavy (non-hydrogen) atoms. The predicted molar refractivity (Wildman–Crippen MR) is 240 cm³/mol. The second-order valence-electron chi connectivity index (χ2n) is 16.6. The molecule has 1 saturated heterocycles. The van der Waals surface area contributed by atoms with Crippen molar-refractivity contribution in [1.82, 2.24) is 9.80 Å². The monoisotopic (exact) mass is 884 g/mol. The zero-order chi connectivity index (χ0) is 41.6. The maximum absolute atomic E-state index is 14.2. The number of piperidine rings is 1. The van der Waals surface area contributed by atoms with Crippen LogP contribution in [0.15, 0.2) is 114 Å². The molecule has 1 aliphatic heterocycles. The molecule has 1 aliphatic carbocycles. The van der Waals surface area contributed by atoms with Crippen molar-refractivity contribution in [2.45, 2.75) is 82.7 Å². The predicted octanol–water partition coefficient (Wildman–Crippen LogP) is 11.7. The van der Waals surface area contributed by atoms with Crippen LogP contribution in [0.3, 0.4) is 0 Å². The molecule has 2 aliphatic rings. The van der Waals surface area contributed by atoms with Crippen molar-refractivity contribution in [3.63, 3.8) is 0 Å². The van der Waals surface area contributed by atoms with Crippen molar-refractivity contribution in [3.8, 4) is 11.5 Å². The first kappa shape index (κ1) is 44.6. The van der Waals surface area contributed by atoms with Crippen molar-refractivity contribution in [1.29, 1.82) is 0 Å². The number of rotatable bonds is 19. The number of ketones is 1. The highest BCUT2D eigenvalue weighted by Gasteiger charge is 2.33. The average molecular weight is 886 g/mol. The van der Waals surface area contributed by atoms with E-state index in [1.54, 1.807) is 24.3 Å². The van der Waals surface area contributed by atoms with Crippen LogP contribution >= 0.6 is 27.5 Å². The number of halogens is 2. The number of quaternary nitrogens is 1. The maximum atomic E-state index is 14.2. The van der Waals surface area contributed by atoms with E-state index in [1.165, 1.54) is 17.5 Å². The summed E-state index contributed by atoms with van der Waals surface area (Å²) in [6.07, 6.45) is 11.5. The second-order valence-corrected chi connectivity index (χ2v) is 17.9. The number of carbonyl (C=O) groups excluding carboxylic acids is 2. The van der Waals surface area contributed by atoms with Gasteiger partial charge >= 0.3 is 6.09 Å². The van der Waals surface area contributed by atoms with Crippen LogP contribution < -0.4 is 9.47 Å². The Morgan fingerprint density at radius 1 is 0.864 bits per heavy atom. The van der Waals surface area contributed by atoms with Gasteiger partial charge in [0.05, 0.1) is 6.61 Å². The van der Waals surface area contributed by atoms with E-state index in [2.05, 4.69) is 58.7 Å².